The Labute approximate surface area is 202 Å². The molecule has 0 bridgehead atoms. The summed E-state index contributed by atoms with van der Waals surface area (Å²) in [6, 6.07) is 12.9. The number of rotatable bonds is 7. The lowest BCUT2D eigenvalue weighted by molar-refractivity contribution is 0.0526. The second-order valence-electron chi connectivity index (χ2n) is 7.42. The first kappa shape index (κ1) is 24.0. The molecule has 0 aliphatic heterocycles. The summed E-state index contributed by atoms with van der Waals surface area (Å²) in [5, 5.41) is 0.330. The fraction of sp³-hybridized carbons (Fsp3) is 0.160. The lowest BCUT2D eigenvalue weighted by Gasteiger charge is -2.23. The molecule has 35 heavy (non-hydrogen) atoms. The van der Waals surface area contributed by atoms with Gasteiger partial charge in [-0.1, -0.05) is 0 Å². The molecule has 0 spiro atoms. The summed E-state index contributed by atoms with van der Waals surface area (Å²) >= 11 is 0. The first-order valence-electron chi connectivity index (χ1n) is 10.6. The molecule has 180 valence electrons. The number of esters is 1. The smallest absolute Gasteiger partial charge is 0.342 e. The van der Waals surface area contributed by atoms with E-state index in [9.17, 15) is 18.0 Å². The van der Waals surface area contributed by atoms with Gasteiger partial charge in [-0.3, -0.25) is 9.78 Å². The third-order valence-corrected chi connectivity index (χ3v) is 7.00. The number of furan rings is 1. The van der Waals surface area contributed by atoms with Gasteiger partial charge in [0.25, 0.3) is 15.9 Å². The molecule has 2 aromatic heterocycles. The Balaban J connectivity index is 1.92. The van der Waals surface area contributed by atoms with Crippen molar-refractivity contribution in [2.45, 2.75) is 18.7 Å². The van der Waals surface area contributed by atoms with Crippen molar-refractivity contribution in [2.24, 2.45) is 0 Å². The van der Waals surface area contributed by atoms with Gasteiger partial charge in [-0.2, -0.15) is 4.31 Å². The van der Waals surface area contributed by atoms with Gasteiger partial charge in [0.2, 0.25) is 0 Å². The predicted octanol–water partition coefficient (Wildman–Crippen LogP) is 4.36. The molecule has 0 atom stereocenters. The first-order valence-corrected chi connectivity index (χ1v) is 12.1. The molecule has 4 rings (SSSR count). The van der Waals surface area contributed by atoms with E-state index in [0.29, 0.717) is 26.8 Å². The molecule has 0 aliphatic carbocycles. The monoisotopic (exact) mass is 494 g/mol. The minimum absolute atomic E-state index is 0.0291. The van der Waals surface area contributed by atoms with Crippen molar-refractivity contribution in [1.29, 1.82) is 0 Å². The third-order valence-electron chi connectivity index (χ3n) is 5.27. The number of anilines is 1. The quantitative estimate of drug-likeness (QED) is 0.348. The van der Waals surface area contributed by atoms with Gasteiger partial charge in [-0.15, -0.1) is 0 Å². The molecule has 2 aromatic carbocycles. The van der Waals surface area contributed by atoms with E-state index in [4.69, 9.17) is 13.9 Å². The average molecular weight is 495 g/mol. The SMILES string of the molecule is CCOC(=O)c1c(C)oc2ccc(N(C(=O)c3ccncc3)S(=O)(=O)c3ccc(OC)cc3)cc12. The van der Waals surface area contributed by atoms with Crippen LogP contribution in [0, 0.1) is 6.92 Å². The Kier molecular flexibility index (Phi) is 6.57. The molecule has 2 heterocycles. The molecular weight excluding hydrogens is 472 g/mol. The van der Waals surface area contributed by atoms with Gasteiger partial charge in [-0.25, -0.2) is 13.2 Å². The van der Waals surface area contributed by atoms with Crippen LogP contribution in [-0.4, -0.2) is 39.0 Å². The van der Waals surface area contributed by atoms with Crippen molar-refractivity contribution in [3.63, 3.8) is 0 Å². The molecule has 0 radical (unpaired) electrons. The van der Waals surface area contributed by atoms with Crippen molar-refractivity contribution >= 4 is 38.6 Å². The van der Waals surface area contributed by atoms with Gasteiger partial charge in [-0.05, 0) is 68.4 Å². The second kappa shape index (κ2) is 9.59. The molecule has 0 N–H and O–H groups in total. The van der Waals surface area contributed by atoms with Gasteiger partial charge >= 0.3 is 5.97 Å². The number of ether oxygens (including phenoxy) is 2. The summed E-state index contributed by atoms with van der Waals surface area (Å²) in [5.74, 6) is -0.614. The molecule has 0 saturated carbocycles. The number of methoxy groups -OCH3 is 1. The van der Waals surface area contributed by atoms with Crippen LogP contribution in [0.3, 0.4) is 0 Å². The van der Waals surface area contributed by atoms with E-state index in [1.54, 1.807) is 13.8 Å². The number of hydrogen-bond acceptors (Lipinski definition) is 8. The first-order chi connectivity index (χ1) is 16.8. The zero-order valence-corrected chi connectivity index (χ0v) is 20.0. The van der Waals surface area contributed by atoms with E-state index >= 15 is 0 Å². The lowest BCUT2D eigenvalue weighted by atomic mass is 10.1. The Morgan fingerprint density at radius 1 is 1.03 bits per heavy atom. The van der Waals surface area contributed by atoms with Crippen LogP contribution in [-0.2, 0) is 14.8 Å². The van der Waals surface area contributed by atoms with Crippen LogP contribution in [0.4, 0.5) is 5.69 Å². The number of carbonyl (C=O) groups is 2. The van der Waals surface area contributed by atoms with E-state index in [1.165, 1.54) is 74.1 Å². The number of nitrogens with zero attached hydrogens (tertiary/aromatic N) is 2. The summed E-state index contributed by atoms with van der Waals surface area (Å²) in [7, 11) is -2.91. The Hall–Kier alpha value is -4.18. The number of fused-ring (bicyclic) bond motifs is 1. The van der Waals surface area contributed by atoms with Crippen LogP contribution in [0.5, 0.6) is 5.75 Å². The average Bonchev–Trinajstić information content (AvgIpc) is 3.19. The standard InChI is InChI=1S/C25H22N2O7S/c1-4-33-25(29)23-16(2)34-22-10-5-18(15-21(22)23)27(24(28)17-11-13-26-14-12-17)35(30,31)20-8-6-19(32-3)7-9-20/h5-15H,4H2,1-3H3. The highest BCUT2D eigenvalue weighted by atomic mass is 32.2. The number of hydrogen-bond donors (Lipinski definition) is 0. The van der Waals surface area contributed by atoms with Crippen molar-refractivity contribution in [2.75, 3.05) is 18.0 Å². The maximum Gasteiger partial charge on any atom is 0.342 e. The Morgan fingerprint density at radius 2 is 1.71 bits per heavy atom. The molecule has 0 aliphatic rings. The second-order valence-corrected chi connectivity index (χ2v) is 9.21. The normalized spacial score (nSPS) is 11.3. The van der Waals surface area contributed by atoms with E-state index in [2.05, 4.69) is 4.98 Å². The van der Waals surface area contributed by atoms with Crippen LogP contribution in [0.15, 0.2) is 76.3 Å². The number of sulfonamides is 1. The number of amides is 1. The minimum atomic E-state index is -4.37. The highest BCUT2D eigenvalue weighted by Crippen LogP contribution is 2.33. The highest BCUT2D eigenvalue weighted by Gasteiger charge is 2.33. The Bertz CT molecular complexity index is 1490. The van der Waals surface area contributed by atoms with Gasteiger partial charge < -0.3 is 13.9 Å². The van der Waals surface area contributed by atoms with E-state index in [-0.39, 0.29) is 28.3 Å². The van der Waals surface area contributed by atoms with Crippen molar-refractivity contribution in [3.8, 4) is 5.75 Å². The zero-order chi connectivity index (χ0) is 25.2. The molecule has 4 aromatic rings. The summed E-state index contributed by atoms with van der Waals surface area (Å²) < 4.78 is 44.1. The minimum Gasteiger partial charge on any atom is -0.497 e. The Morgan fingerprint density at radius 3 is 2.34 bits per heavy atom. The third kappa shape index (κ3) is 4.47. The number of carbonyl (C=O) groups excluding carboxylic acids is 2. The number of benzene rings is 2. The summed E-state index contributed by atoms with van der Waals surface area (Å²) in [5.41, 5.74) is 0.668. The van der Waals surface area contributed by atoms with Crippen molar-refractivity contribution in [3.05, 3.63) is 83.9 Å². The van der Waals surface area contributed by atoms with E-state index in [1.807, 2.05) is 0 Å². The topological polar surface area (TPSA) is 116 Å². The van der Waals surface area contributed by atoms with Gasteiger partial charge in [0.15, 0.2) is 0 Å². The fourth-order valence-corrected chi connectivity index (χ4v) is 5.03. The van der Waals surface area contributed by atoms with Crippen molar-refractivity contribution in [1.82, 2.24) is 4.98 Å². The maximum absolute atomic E-state index is 13.7. The number of aryl methyl sites for hydroxylation is 1. The number of pyridine rings is 1. The maximum atomic E-state index is 13.7. The summed E-state index contributed by atoms with van der Waals surface area (Å²) in [6.45, 7) is 3.44. The highest BCUT2D eigenvalue weighted by molar-refractivity contribution is 7.93. The molecule has 1 amide bonds. The van der Waals surface area contributed by atoms with Gasteiger partial charge in [0.1, 0.15) is 22.7 Å². The van der Waals surface area contributed by atoms with Crippen LogP contribution in [0.25, 0.3) is 11.0 Å². The van der Waals surface area contributed by atoms with E-state index in [0.717, 1.165) is 0 Å². The predicted molar refractivity (Wildman–Crippen MR) is 128 cm³/mol. The van der Waals surface area contributed by atoms with Crippen LogP contribution in [0.1, 0.15) is 33.4 Å². The molecular formula is C25H22N2O7S. The number of aromatic nitrogens is 1. The van der Waals surface area contributed by atoms with Crippen molar-refractivity contribution < 1.29 is 31.9 Å². The van der Waals surface area contributed by atoms with Gasteiger partial charge in [0, 0.05) is 23.3 Å². The fourth-order valence-electron chi connectivity index (χ4n) is 3.62. The van der Waals surface area contributed by atoms with E-state index < -0.39 is 21.9 Å². The zero-order valence-electron chi connectivity index (χ0n) is 19.2. The molecule has 0 saturated heterocycles. The van der Waals surface area contributed by atoms with Crippen LogP contribution >= 0.6 is 0 Å². The molecule has 0 unspecified atom stereocenters. The molecule has 9 nitrogen and oxygen atoms in total. The summed E-state index contributed by atoms with van der Waals surface area (Å²) in [4.78, 5) is 29.9. The lowest BCUT2D eigenvalue weighted by Crippen LogP contribution is -2.37. The van der Waals surface area contributed by atoms with Gasteiger partial charge in [0.05, 0.1) is 24.3 Å². The largest absolute Gasteiger partial charge is 0.497 e. The molecule has 10 heteroatoms. The van der Waals surface area contributed by atoms with Crippen LogP contribution in [0.2, 0.25) is 0 Å². The molecule has 0 fully saturated rings. The summed E-state index contributed by atoms with van der Waals surface area (Å²) in [6.07, 6.45) is 2.79. The van der Waals surface area contributed by atoms with Crippen LogP contribution < -0.4 is 9.04 Å².